The highest BCUT2D eigenvalue weighted by molar-refractivity contribution is 6.09. The van der Waals surface area contributed by atoms with Crippen LogP contribution in [0.4, 0.5) is 4.39 Å². The van der Waals surface area contributed by atoms with Crippen LogP contribution < -0.4 is 0 Å². The maximum absolute atomic E-state index is 13.8. The first kappa shape index (κ1) is 13.1. The summed E-state index contributed by atoms with van der Waals surface area (Å²) in [7, 11) is 0. The Balaban J connectivity index is 2.22. The van der Waals surface area contributed by atoms with Crippen molar-refractivity contribution >= 4 is 11.7 Å². The SMILES string of the molecule is CC1=CN([C@H]2O[C@@H](CO)[C@H](O)C2F)C(=O)CC1=O. The Kier molecular flexibility index (Phi) is 3.47. The molecule has 1 amide bonds. The van der Waals surface area contributed by atoms with Crippen molar-refractivity contribution in [2.45, 2.75) is 38.0 Å². The van der Waals surface area contributed by atoms with Crippen molar-refractivity contribution in [2.75, 3.05) is 6.61 Å². The van der Waals surface area contributed by atoms with Crippen molar-refractivity contribution in [3.05, 3.63) is 11.8 Å². The summed E-state index contributed by atoms with van der Waals surface area (Å²) >= 11 is 0. The van der Waals surface area contributed by atoms with Crippen LogP contribution in [0.1, 0.15) is 13.3 Å². The third-order valence-electron chi connectivity index (χ3n) is 3.12. The molecule has 2 aliphatic rings. The minimum atomic E-state index is -1.82. The van der Waals surface area contributed by atoms with Crippen LogP contribution >= 0.6 is 0 Å². The molecule has 0 saturated carbocycles. The van der Waals surface area contributed by atoms with Crippen molar-refractivity contribution in [3.63, 3.8) is 0 Å². The Morgan fingerprint density at radius 2 is 2.22 bits per heavy atom. The zero-order chi connectivity index (χ0) is 13.4. The maximum Gasteiger partial charge on any atom is 0.236 e. The molecular weight excluding hydrogens is 245 g/mol. The number of hydrogen-bond acceptors (Lipinski definition) is 5. The van der Waals surface area contributed by atoms with Gasteiger partial charge in [0.2, 0.25) is 5.91 Å². The van der Waals surface area contributed by atoms with Gasteiger partial charge in [-0.05, 0) is 6.92 Å². The molecule has 1 fully saturated rings. The van der Waals surface area contributed by atoms with Gasteiger partial charge in [0, 0.05) is 11.8 Å². The van der Waals surface area contributed by atoms with E-state index in [2.05, 4.69) is 0 Å². The van der Waals surface area contributed by atoms with Crippen LogP contribution in [-0.2, 0) is 14.3 Å². The molecule has 18 heavy (non-hydrogen) atoms. The zero-order valence-corrected chi connectivity index (χ0v) is 9.75. The van der Waals surface area contributed by atoms with Gasteiger partial charge in [-0.2, -0.15) is 0 Å². The summed E-state index contributed by atoms with van der Waals surface area (Å²) in [5.41, 5.74) is 0.326. The van der Waals surface area contributed by atoms with Gasteiger partial charge in [0.1, 0.15) is 12.2 Å². The lowest BCUT2D eigenvalue weighted by atomic mass is 10.1. The first-order valence-electron chi connectivity index (χ1n) is 5.57. The smallest absolute Gasteiger partial charge is 0.236 e. The molecule has 0 aliphatic carbocycles. The monoisotopic (exact) mass is 259 g/mol. The van der Waals surface area contributed by atoms with Crippen molar-refractivity contribution in [3.8, 4) is 0 Å². The van der Waals surface area contributed by atoms with Crippen LogP contribution in [0.2, 0.25) is 0 Å². The van der Waals surface area contributed by atoms with Crippen LogP contribution in [0.15, 0.2) is 11.8 Å². The minimum Gasteiger partial charge on any atom is -0.394 e. The summed E-state index contributed by atoms with van der Waals surface area (Å²) < 4.78 is 18.9. The fraction of sp³-hybridized carbons (Fsp3) is 0.636. The van der Waals surface area contributed by atoms with Gasteiger partial charge in [-0.1, -0.05) is 0 Å². The second-order valence-corrected chi connectivity index (χ2v) is 4.40. The number of allylic oxidation sites excluding steroid dienone is 1. The van der Waals surface area contributed by atoms with E-state index in [1.54, 1.807) is 0 Å². The van der Waals surface area contributed by atoms with Crippen LogP contribution in [0.25, 0.3) is 0 Å². The Morgan fingerprint density at radius 3 is 2.78 bits per heavy atom. The molecule has 0 aromatic rings. The molecule has 4 atom stereocenters. The van der Waals surface area contributed by atoms with Crippen LogP contribution in [0.3, 0.4) is 0 Å². The fourth-order valence-electron chi connectivity index (χ4n) is 2.01. The van der Waals surface area contributed by atoms with Crippen molar-refractivity contribution in [1.82, 2.24) is 4.90 Å². The third kappa shape index (κ3) is 2.05. The Morgan fingerprint density at radius 1 is 1.56 bits per heavy atom. The Labute approximate surface area is 103 Å². The summed E-state index contributed by atoms with van der Waals surface area (Å²) in [5.74, 6) is -0.895. The van der Waals surface area contributed by atoms with Crippen LogP contribution in [0, 0.1) is 0 Å². The lowest BCUT2D eigenvalue weighted by Crippen LogP contribution is -2.45. The van der Waals surface area contributed by atoms with E-state index in [9.17, 15) is 19.1 Å². The average molecular weight is 259 g/mol. The van der Waals surface area contributed by atoms with Crippen LogP contribution in [-0.4, -0.2) is 58.0 Å². The van der Waals surface area contributed by atoms with Gasteiger partial charge in [-0.15, -0.1) is 0 Å². The second kappa shape index (κ2) is 4.75. The molecule has 0 aromatic heterocycles. The van der Waals surface area contributed by atoms with Gasteiger partial charge in [0.05, 0.1) is 13.0 Å². The fourth-order valence-corrected chi connectivity index (χ4v) is 2.01. The highest BCUT2D eigenvalue weighted by Gasteiger charge is 2.48. The third-order valence-corrected chi connectivity index (χ3v) is 3.12. The molecule has 2 aliphatic heterocycles. The van der Waals surface area contributed by atoms with E-state index in [1.165, 1.54) is 13.1 Å². The number of hydrogen-bond donors (Lipinski definition) is 2. The number of carbonyl (C=O) groups is 2. The van der Waals surface area contributed by atoms with Crippen LogP contribution in [0.5, 0.6) is 0 Å². The number of carbonyl (C=O) groups excluding carboxylic acids is 2. The number of amides is 1. The predicted octanol–water partition coefficient (Wildman–Crippen LogP) is -0.892. The lowest BCUT2D eigenvalue weighted by molar-refractivity contribution is -0.146. The highest BCUT2D eigenvalue weighted by atomic mass is 19.1. The molecule has 0 spiro atoms. The second-order valence-electron chi connectivity index (χ2n) is 4.40. The summed E-state index contributed by atoms with van der Waals surface area (Å²) in [6.07, 6.45) is -4.79. The molecule has 2 rings (SSSR count). The lowest BCUT2D eigenvalue weighted by Gasteiger charge is -2.29. The number of alkyl halides is 1. The number of Topliss-reactive ketones (excluding diaryl/α,β-unsaturated/α-hetero) is 1. The van der Waals surface area contributed by atoms with E-state index in [1.807, 2.05) is 0 Å². The number of halogens is 1. The van der Waals surface area contributed by atoms with E-state index >= 15 is 0 Å². The van der Waals surface area contributed by atoms with Gasteiger partial charge in [-0.3, -0.25) is 14.5 Å². The normalized spacial score (nSPS) is 37.1. The first-order valence-corrected chi connectivity index (χ1v) is 5.57. The number of nitrogens with zero attached hydrogens (tertiary/aromatic N) is 1. The van der Waals surface area contributed by atoms with E-state index in [4.69, 9.17) is 9.84 Å². The molecular formula is C11H14FNO5. The topological polar surface area (TPSA) is 87.1 Å². The van der Waals surface area contributed by atoms with Gasteiger partial charge in [-0.25, -0.2) is 4.39 Å². The van der Waals surface area contributed by atoms with Gasteiger partial charge in [0.25, 0.3) is 0 Å². The van der Waals surface area contributed by atoms with Crippen molar-refractivity contribution in [2.24, 2.45) is 0 Å². The predicted molar refractivity (Wildman–Crippen MR) is 56.9 cm³/mol. The molecule has 0 aromatic carbocycles. The van der Waals surface area contributed by atoms with E-state index in [0.717, 1.165) is 4.90 Å². The molecule has 1 saturated heterocycles. The molecule has 7 heteroatoms. The Bertz CT molecular complexity index is 410. The average Bonchev–Trinajstić information content (AvgIpc) is 2.61. The number of aliphatic hydroxyl groups is 2. The van der Waals surface area contributed by atoms with Gasteiger partial charge in [0.15, 0.2) is 18.2 Å². The summed E-state index contributed by atoms with van der Waals surface area (Å²) in [4.78, 5) is 23.9. The molecule has 1 unspecified atom stereocenters. The zero-order valence-electron chi connectivity index (χ0n) is 9.75. The number of rotatable bonds is 2. The number of ether oxygens (including phenoxy) is 1. The molecule has 2 N–H and O–H groups in total. The highest BCUT2D eigenvalue weighted by Crippen LogP contribution is 2.29. The van der Waals surface area contributed by atoms with Crippen molar-refractivity contribution in [1.29, 1.82) is 0 Å². The van der Waals surface area contributed by atoms with E-state index < -0.39 is 37.1 Å². The molecule has 100 valence electrons. The summed E-state index contributed by atoms with van der Waals surface area (Å²) in [6.45, 7) is 0.978. The van der Waals surface area contributed by atoms with Gasteiger partial charge >= 0.3 is 0 Å². The standard InChI is InChI=1S/C11H14FNO5/c1-5-3-13(8(16)2-6(5)15)11-9(12)10(17)7(4-14)18-11/h3,7,9-11,14,17H,2,4H2,1H3/t7-,9?,10-,11-/m0/s1. The minimum absolute atomic E-state index is 0.316. The quantitative estimate of drug-likeness (QED) is 0.628. The Hall–Kier alpha value is -1.31. The summed E-state index contributed by atoms with van der Waals surface area (Å²) in [6, 6.07) is 0. The van der Waals surface area contributed by atoms with E-state index in [0.29, 0.717) is 5.57 Å². The van der Waals surface area contributed by atoms with Crippen molar-refractivity contribution < 1.29 is 28.9 Å². The number of ketones is 1. The van der Waals surface area contributed by atoms with Gasteiger partial charge < -0.3 is 14.9 Å². The largest absolute Gasteiger partial charge is 0.394 e. The van der Waals surface area contributed by atoms with E-state index in [-0.39, 0.29) is 12.2 Å². The molecule has 6 nitrogen and oxygen atoms in total. The molecule has 2 heterocycles. The number of aliphatic hydroxyl groups excluding tert-OH is 2. The summed E-state index contributed by atoms with van der Waals surface area (Å²) in [5, 5.41) is 18.4. The molecule has 0 bridgehead atoms. The first-order chi connectivity index (χ1) is 8.45. The maximum atomic E-state index is 13.8. The molecule has 0 radical (unpaired) electrons.